The Morgan fingerprint density at radius 1 is 1.08 bits per heavy atom. The molecule has 0 bridgehead atoms. The van der Waals surface area contributed by atoms with Gasteiger partial charge in [0.25, 0.3) is 5.91 Å². The van der Waals surface area contributed by atoms with E-state index in [0.29, 0.717) is 30.0 Å². The third-order valence-electron chi connectivity index (χ3n) is 5.50. The number of methoxy groups -OCH3 is 1. The molecule has 2 rings (SSSR count). The van der Waals surface area contributed by atoms with Gasteiger partial charge in [0, 0.05) is 17.8 Å². The van der Waals surface area contributed by atoms with Gasteiger partial charge >= 0.3 is 6.09 Å². The predicted octanol–water partition coefficient (Wildman–Crippen LogP) is 4.97. The quantitative estimate of drug-likeness (QED) is 0.345. The zero-order valence-electron chi connectivity index (χ0n) is 22.9. The van der Waals surface area contributed by atoms with Crippen molar-refractivity contribution >= 4 is 35.4 Å². The Kier molecular flexibility index (Phi) is 11.8. The maximum absolute atomic E-state index is 14.0. The number of anilines is 1. The molecule has 0 fully saturated rings. The lowest BCUT2D eigenvalue weighted by molar-refractivity contribution is -0.140. The van der Waals surface area contributed by atoms with Gasteiger partial charge in [0.15, 0.2) is 0 Å². The molecule has 0 saturated carbocycles. The number of alkyl carbamates (subject to hydrolysis) is 1. The van der Waals surface area contributed by atoms with Crippen LogP contribution in [-0.2, 0) is 14.3 Å². The van der Waals surface area contributed by atoms with Gasteiger partial charge in [-0.25, -0.2) is 4.79 Å². The lowest BCUT2D eigenvalue weighted by Crippen LogP contribution is -2.52. The molecule has 3 amide bonds. The zero-order valence-corrected chi connectivity index (χ0v) is 23.8. The summed E-state index contributed by atoms with van der Waals surface area (Å²) in [5, 5.41) is 16.2. The molecule has 0 aliphatic rings. The number of nitrogens with zero attached hydrogens (tertiary/aromatic N) is 1. The molecule has 0 aromatic heterocycles. The van der Waals surface area contributed by atoms with Gasteiger partial charge in [0.05, 0.1) is 7.11 Å². The van der Waals surface area contributed by atoms with Crippen LogP contribution in [0.5, 0.6) is 11.5 Å². The van der Waals surface area contributed by atoms with Gasteiger partial charge in [-0.2, -0.15) is 11.8 Å². The molecule has 2 aromatic carbocycles. The van der Waals surface area contributed by atoms with E-state index in [2.05, 4.69) is 10.6 Å². The first kappa shape index (κ1) is 30.8. The second-order valence-corrected chi connectivity index (χ2v) is 10.7. The van der Waals surface area contributed by atoms with Crippen LogP contribution in [0.3, 0.4) is 0 Å². The smallest absolute Gasteiger partial charge is 0.408 e. The first-order valence-electron chi connectivity index (χ1n) is 12.5. The number of nitrogens with one attached hydrogen (secondary N) is 2. The first-order chi connectivity index (χ1) is 18.0. The van der Waals surface area contributed by atoms with Crippen LogP contribution < -0.4 is 15.4 Å². The second-order valence-electron chi connectivity index (χ2n) is 9.69. The maximum Gasteiger partial charge on any atom is 0.408 e. The third kappa shape index (κ3) is 9.16. The normalized spacial score (nSPS) is 12.7. The number of thioether (sulfide) groups is 1. The molecule has 0 heterocycles. The van der Waals surface area contributed by atoms with Crippen LogP contribution >= 0.6 is 11.8 Å². The van der Waals surface area contributed by atoms with Crippen LogP contribution in [0.1, 0.15) is 52.1 Å². The molecule has 38 heavy (non-hydrogen) atoms. The number of para-hydroxylation sites is 1. The molecular weight excluding hydrogens is 506 g/mol. The van der Waals surface area contributed by atoms with Gasteiger partial charge in [-0.05, 0) is 76.0 Å². The number of benzene rings is 2. The summed E-state index contributed by atoms with van der Waals surface area (Å²) in [4.78, 5) is 41.7. The first-order valence-corrected chi connectivity index (χ1v) is 13.9. The third-order valence-corrected chi connectivity index (χ3v) is 6.14. The van der Waals surface area contributed by atoms with Gasteiger partial charge in [-0.15, -0.1) is 0 Å². The number of amides is 3. The Labute approximate surface area is 229 Å². The minimum atomic E-state index is -1.15. The molecule has 9 nitrogen and oxygen atoms in total. The average Bonchev–Trinajstić information content (AvgIpc) is 2.86. The van der Waals surface area contributed by atoms with Gasteiger partial charge in [0.1, 0.15) is 29.2 Å². The van der Waals surface area contributed by atoms with E-state index in [-0.39, 0.29) is 17.9 Å². The molecule has 3 N–H and O–H groups in total. The minimum Gasteiger partial charge on any atom is -0.508 e. The van der Waals surface area contributed by atoms with E-state index < -0.39 is 35.6 Å². The number of rotatable bonds is 12. The molecule has 0 aliphatic carbocycles. The SMILES string of the molecule is CCCN(C(=O)C(CCSC)NC(=O)OC(C)(C)C)C(C(=O)Nc1ccc(OC)cc1)c1ccccc1O. The Morgan fingerprint density at radius 2 is 1.74 bits per heavy atom. The molecule has 10 heteroatoms. The van der Waals surface area contributed by atoms with E-state index in [1.165, 1.54) is 22.7 Å². The summed E-state index contributed by atoms with van der Waals surface area (Å²) in [5.74, 6) is 0.181. The lowest BCUT2D eigenvalue weighted by atomic mass is 10.0. The van der Waals surface area contributed by atoms with E-state index in [4.69, 9.17) is 9.47 Å². The number of carbonyl (C=O) groups excluding carboxylic acids is 3. The predicted molar refractivity (Wildman–Crippen MR) is 151 cm³/mol. The number of ether oxygens (including phenoxy) is 2. The molecule has 0 spiro atoms. The average molecular weight is 546 g/mol. The summed E-state index contributed by atoms with van der Waals surface area (Å²) >= 11 is 1.54. The standard InChI is InChI=1S/C28H39N3O6S/c1-7-17-31(26(34)22(16-18-38-6)30-27(35)37-28(2,3)4)24(21-10-8-9-11-23(21)32)25(33)29-19-12-14-20(36-5)15-13-19/h8-15,22,24,32H,7,16-18H2,1-6H3,(H,29,33)(H,30,35). The van der Waals surface area contributed by atoms with Crippen LogP contribution in [0.2, 0.25) is 0 Å². The van der Waals surface area contributed by atoms with Crippen LogP contribution in [0.4, 0.5) is 10.5 Å². The van der Waals surface area contributed by atoms with Gasteiger partial charge in [0.2, 0.25) is 5.91 Å². The second kappa shape index (κ2) is 14.5. The molecule has 0 saturated heterocycles. The Balaban J connectivity index is 2.47. The van der Waals surface area contributed by atoms with Crippen molar-refractivity contribution in [3.8, 4) is 11.5 Å². The number of phenols is 1. The van der Waals surface area contributed by atoms with E-state index in [0.717, 1.165) is 0 Å². The highest BCUT2D eigenvalue weighted by molar-refractivity contribution is 7.98. The van der Waals surface area contributed by atoms with E-state index in [1.54, 1.807) is 70.3 Å². The van der Waals surface area contributed by atoms with E-state index in [9.17, 15) is 19.5 Å². The van der Waals surface area contributed by atoms with Gasteiger partial charge in [-0.1, -0.05) is 25.1 Å². The van der Waals surface area contributed by atoms with Crippen molar-refractivity contribution in [3.05, 3.63) is 54.1 Å². The van der Waals surface area contributed by atoms with E-state index in [1.807, 2.05) is 13.2 Å². The van der Waals surface area contributed by atoms with Gasteiger partial charge < -0.3 is 30.1 Å². The lowest BCUT2D eigenvalue weighted by Gasteiger charge is -2.34. The highest BCUT2D eigenvalue weighted by atomic mass is 32.2. The Morgan fingerprint density at radius 3 is 2.29 bits per heavy atom. The Hall–Kier alpha value is -3.40. The largest absolute Gasteiger partial charge is 0.508 e. The summed E-state index contributed by atoms with van der Waals surface area (Å²) in [5.41, 5.74) is 0.0452. The highest BCUT2D eigenvalue weighted by Crippen LogP contribution is 2.31. The summed E-state index contributed by atoms with van der Waals surface area (Å²) in [6, 6.07) is 11.2. The summed E-state index contributed by atoms with van der Waals surface area (Å²) < 4.78 is 10.6. The van der Waals surface area contributed by atoms with E-state index >= 15 is 0 Å². The maximum atomic E-state index is 14.0. The number of aromatic hydroxyl groups is 1. The highest BCUT2D eigenvalue weighted by Gasteiger charge is 2.37. The molecule has 208 valence electrons. The fourth-order valence-corrected chi connectivity index (χ4v) is 4.28. The zero-order chi connectivity index (χ0) is 28.3. The van der Waals surface area contributed by atoms with Gasteiger partial charge in [-0.3, -0.25) is 9.59 Å². The van der Waals surface area contributed by atoms with Crippen LogP contribution in [0.25, 0.3) is 0 Å². The van der Waals surface area contributed by atoms with Crippen molar-refractivity contribution in [1.29, 1.82) is 0 Å². The summed E-state index contributed by atoms with van der Waals surface area (Å²) in [7, 11) is 1.55. The molecule has 2 unspecified atom stereocenters. The molecule has 0 aliphatic heterocycles. The Bertz CT molecular complexity index is 1070. The summed E-state index contributed by atoms with van der Waals surface area (Å²) in [6.45, 7) is 7.34. The van der Waals surface area contributed by atoms with Crippen molar-refractivity contribution in [1.82, 2.24) is 10.2 Å². The number of phenolic OH excluding ortho intramolecular Hbond substituents is 1. The molecular formula is C28H39N3O6S. The van der Waals surface area contributed by atoms with Crippen LogP contribution in [-0.4, -0.2) is 65.2 Å². The summed E-state index contributed by atoms with van der Waals surface area (Å²) in [6.07, 6.45) is 2.09. The number of hydrogen-bond donors (Lipinski definition) is 3. The van der Waals surface area contributed by atoms with Crippen molar-refractivity contribution in [3.63, 3.8) is 0 Å². The van der Waals surface area contributed by atoms with Crippen molar-refractivity contribution in [2.24, 2.45) is 0 Å². The fourth-order valence-electron chi connectivity index (χ4n) is 3.80. The van der Waals surface area contributed by atoms with Crippen molar-refractivity contribution < 1.29 is 29.0 Å². The van der Waals surface area contributed by atoms with Crippen LogP contribution in [0.15, 0.2) is 48.5 Å². The fraction of sp³-hybridized carbons (Fsp3) is 0.464. The van der Waals surface area contributed by atoms with Crippen molar-refractivity contribution in [2.75, 3.05) is 31.0 Å². The van der Waals surface area contributed by atoms with Crippen molar-refractivity contribution in [2.45, 2.75) is 58.2 Å². The molecule has 2 aromatic rings. The minimum absolute atomic E-state index is 0.114. The number of carbonyl (C=O) groups is 3. The van der Waals surface area contributed by atoms with Crippen LogP contribution in [0, 0.1) is 0 Å². The monoisotopic (exact) mass is 545 g/mol. The number of hydrogen-bond acceptors (Lipinski definition) is 7. The topological polar surface area (TPSA) is 117 Å². The molecule has 0 radical (unpaired) electrons. The molecule has 2 atom stereocenters.